The van der Waals surface area contributed by atoms with Crippen LogP contribution in [-0.2, 0) is 6.54 Å². The summed E-state index contributed by atoms with van der Waals surface area (Å²) in [6.45, 7) is 4.59. The Hall–Kier alpha value is -3.98. The first-order valence-corrected chi connectivity index (χ1v) is 9.31. The minimum Gasteiger partial charge on any atom is -0.364 e. The largest absolute Gasteiger partial charge is 0.364 e. The number of anilines is 1. The van der Waals surface area contributed by atoms with Crippen LogP contribution in [0, 0.1) is 25.2 Å². The number of H-pyrrole nitrogens is 1. The van der Waals surface area contributed by atoms with Gasteiger partial charge >= 0.3 is 0 Å². The van der Waals surface area contributed by atoms with Crippen molar-refractivity contribution in [3.63, 3.8) is 0 Å². The summed E-state index contributed by atoms with van der Waals surface area (Å²) < 4.78 is 0. The number of hydrogen-bond donors (Lipinski definition) is 2. The summed E-state index contributed by atoms with van der Waals surface area (Å²) in [6.07, 6.45) is 3.62. The molecule has 0 aliphatic heterocycles. The number of pyridine rings is 2. The number of nitriles is 1. The molecule has 0 amide bonds. The minimum absolute atomic E-state index is 0.571. The molecule has 142 valence electrons. The quantitative estimate of drug-likeness (QED) is 0.527. The van der Waals surface area contributed by atoms with Gasteiger partial charge in [-0.3, -0.25) is 10.1 Å². The maximum absolute atomic E-state index is 9.05. The van der Waals surface area contributed by atoms with Crippen molar-refractivity contribution in [3.8, 4) is 28.6 Å². The van der Waals surface area contributed by atoms with E-state index in [2.05, 4.69) is 31.6 Å². The van der Waals surface area contributed by atoms with Crippen molar-refractivity contribution in [1.82, 2.24) is 20.2 Å². The third-order valence-electron chi connectivity index (χ3n) is 4.69. The van der Waals surface area contributed by atoms with Crippen molar-refractivity contribution in [2.45, 2.75) is 20.4 Å². The van der Waals surface area contributed by atoms with Crippen molar-refractivity contribution in [1.29, 1.82) is 5.26 Å². The number of nitrogens with one attached hydrogen (secondary N) is 2. The van der Waals surface area contributed by atoms with E-state index in [0.29, 0.717) is 12.1 Å². The molecule has 1 aromatic carbocycles. The Balaban J connectivity index is 1.48. The van der Waals surface area contributed by atoms with Crippen LogP contribution < -0.4 is 5.32 Å². The molecule has 0 aliphatic carbocycles. The summed E-state index contributed by atoms with van der Waals surface area (Å²) in [5, 5.41) is 19.8. The Morgan fingerprint density at radius 2 is 1.90 bits per heavy atom. The van der Waals surface area contributed by atoms with E-state index in [1.807, 2.05) is 68.6 Å². The number of aromatic nitrogens is 4. The highest BCUT2D eigenvalue weighted by Crippen LogP contribution is 2.26. The van der Waals surface area contributed by atoms with Crippen molar-refractivity contribution in [2.75, 3.05) is 5.32 Å². The number of aryl methyl sites for hydroxylation is 2. The molecule has 3 aromatic heterocycles. The summed E-state index contributed by atoms with van der Waals surface area (Å²) in [5.74, 6) is 0.774. The Morgan fingerprint density at radius 3 is 2.66 bits per heavy atom. The van der Waals surface area contributed by atoms with Crippen LogP contribution in [0.5, 0.6) is 0 Å². The molecule has 0 bridgehead atoms. The molecular formula is C23H20N6. The molecule has 0 spiro atoms. The van der Waals surface area contributed by atoms with Gasteiger partial charge in [-0.05, 0) is 72.5 Å². The second kappa shape index (κ2) is 7.95. The molecule has 3 heterocycles. The van der Waals surface area contributed by atoms with Gasteiger partial charge in [0.1, 0.15) is 11.5 Å². The topological polar surface area (TPSA) is 90.3 Å². The smallest absolute Gasteiger partial charge is 0.126 e. The predicted molar refractivity (Wildman–Crippen MR) is 113 cm³/mol. The summed E-state index contributed by atoms with van der Waals surface area (Å²) >= 11 is 0. The first-order valence-electron chi connectivity index (χ1n) is 9.31. The minimum atomic E-state index is 0.571. The maximum Gasteiger partial charge on any atom is 0.126 e. The fourth-order valence-electron chi connectivity index (χ4n) is 3.14. The second-order valence-electron chi connectivity index (χ2n) is 6.92. The summed E-state index contributed by atoms with van der Waals surface area (Å²) in [7, 11) is 0. The molecule has 4 rings (SSSR count). The Kier molecular flexibility index (Phi) is 5.04. The van der Waals surface area contributed by atoms with Crippen molar-refractivity contribution in [3.05, 3.63) is 83.3 Å². The van der Waals surface area contributed by atoms with E-state index in [-0.39, 0.29) is 0 Å². The van der Waals surface area contributed by atoms with Crippen LogP contribution >= 0.6 is 0 Å². The van der Waals surface area contributed by atoms with E-state index >= 15 is 0 Å². The molecule has 0 unspecified atom stereocenters. The molecule has 0 aliphatic rings. The van der Waals surface area contributed by atoms with Gasteiger partial charge in [0, 0.05) is 12.4 Å². The molecule has 0 saturated carbocycles. The maximum atomic E-state index is 9.05. The van der Waals surface area contributed by atoms with Crippen LogP contribution in [0.3, 0.4) is 0 Å². The van der Waals surface area contributed by atoms with Crippen molar-refractivity contribution in [2.24, 2.45) is 0 Å². The summed E-state index contributed by atoms with van der Waals surface area (Å²) in [5.41, 5.74) is 7.59. The van der Waals surface area contributed by atoms with Gasteiger partial charge in [0.05, 0.1) is 29.6 Å². The van der Waals surface area contributed by atoms with Crippen LogP contribution in [0.1, 0.15) is 22.4 Å². The van der Waals surface area contributed by atoms with E-state index in [9.17, 15) is 0 Å². The fourth-order valence-corrected chi connectivity index (χ4v) is 3.14. The monoisotopic (exact) mass is 380 g/mol. The zero-order valence-corrected chi connectivity index (χ0v) is 16.3. The number of benzene rings is 1. The zero-order chi connectivity index (χ0) is 20.2. The van der Waals surface area contributed by atoms with E-state index in [0.717, 1.165) is 45.2 Å². The average molecular weight is 380 g/mol. The third-order valence-corrected chi connectivity index (χ3v) is 4.69. The normalized spacial score (nSPS) is 10.5. The van der Waals surface area contributed by atoms with E-state index in [1.54, 1.807) is 6.20 Å². The Labute approximate surface area is 169 Å². The first kappa shape index (κ1) is 18.4. The van der Waals surface area contributed by atoms with E-state index in [1.165, 1.54) is 0 Å². The van der Waals surface area contributed by atoms with E-state index < -0.39 is 0 Å². The van der Waals surface area contributed by atoms with Gasteiger partial charge in [-0.2, -0.15) is 10.4 Å². The van der Waals surface area contributed by atoms with Crippen LogP contribution in [0.4, 0.5) is 5.82 Å². The van der Waals surface area contributed by atoms with Crippen LogP contribution in [0.2, 0.25) is 0 Å². The SMILES string of the molecule is Cc1ccc(-c2cc(CNc3cc(-c4ccc(C#N)cc4C)ccn3)[nH]n2)nc1. The average Bonchev–Trinajstić information content (AvgIpc) is 3.22. The summed E-state index contributed by atoms with van der Waals surface area (Å²) in [6, 6.07) is 17.8. The molecule has 2 N–H and O–H groups in total. The van der Waals surface area contributed by atoms with Gasteiger partial charge < -0.3 is 5.32 Å². The lowest BCUT2D eigenvalue weighted by molar-refractivity contribution is 0.974. The van der Waals surface area contributed by atoms with Gasteiger partial charge in [-0.15, -0.1) is 0 Å². The lowest BCUT2D eigenvalue weighted by Crippen LogP contribution is -2.01. The molecule has 0 atom stereocenters. The van der Waals surface area contributed by atoms with E-state index in [4.69, 9.17) is 5.26 Å². The highest BCUT2D eigenvalue weighted by atomic mass is 15.1. The molecule has 6 nitrogen and oxygen atoms in total. The number of rotatable bonds is 5. The number of aromatic amines is 1. The first-order chi connectivity index (χ1) is 14.1. The predicted octanol–water partition coefficient (Wildman–Crippen LogP) is 4.63. The van der Waals surface area contributed by atoms with Gasteiger partial charge in [-0.1, -0.05) is 12.1 Å². The van der Waals surface area contributed by atoms with Gasteiger partial charge in [0.2, 0.25) is 0 Å². The zero-order valence-electron chi connectivity index (χ0n) is 16.3. The molecule has 0 fully saturated rings. The molecule has 0 radical (unpaired) electrons. The third kappa shape index (κ3) is 4.14. The Bertz CT molecular complexity index is 1180. The van der Waals surface area contributed by atoms with Crippen molar-refractivity contribution < 1.29 is 0 Å². The number of hydrogen-bond acceptors (Lipinski definition) is 5. The van der Waals surface area contributed by atoms with Crippen molar-refractivity contribution >= 4 is 5.82 Å². The Morgan fingerprint density at radius 1 is 1.00 bits per heavy atom. The fraction of sp³-hybridized carbons (Fsp3) is 0.130. The molecule has 4 aromatic rings. The highest BCUT2D eigenvalue weighted by molar-refractivity contribution is 5.70. The van der Waals surface area contributed by atoms with Gasteiger partial charge in [-0.25, -0.2) is 4.98 Å². The highest BCUT2D eigenvalue weighted by Gasteiger charge is 2.07. The van der Waals surface area contributed by atoms with Crippen LogP contribution in [0.25, 0.3) is 22.5 Å². The lowest BCUT2D eigenvalue weighted by Gasteiger charge is -2.09. The molecular weight excluding hydrogens is 360 g/mol. The second-order valence-corrected chi connectivity index (χ2v) is 6.92. The van der Waals surface area contributed by atoms with Crippen LogP contribution in [0.15, 0.2) is 60.9 Å². The standard InChI is InChI=1S/C23H20N6/c1-15-3-6-21(26-13-15)22-11-19(28-29-22)14-27-23-10-18(7-8-25-23)20-5-4-17(12-24)9-16(20)2/h3-11,13H,14H2,1-2H3,(H,25,27)(H,28,29). The number of nitrogens with zero attached hydrogens (tertiary/aromatic N) is 4. The molecule has 29 heavy (non-hydrogen) atoms. The lowest BCUT2D eigenvalue weighted by atomic mass is 9.99. The summed E-state index contributed by atoms with van der Waals surface area (Å²) in [4.78, 5) is 8.82. The molecule has 0 saturated heterocycles. The van der Waals surface area contributed by atoms with Gasteiger partial charge in [0.15, 0.2) is 0 Å². The van der Waals surface area contributed by atoms with Gasteiger partial charge in [0.25, 0.3) is 0 Å². The molecule has 6 heteroatoms. The van der Waals surface area contributed by atoms with Crippen LogP contribution in [-0.4, -0.2) is 20.2 Å².